The van der Waals surface area contributed by atoms with E-state index >= 15 is 0 Å². The molecular weight excluding hydrogens is 284 g/mol. The van der Waals surface area contributed by atoms with Gasteiger partial charge in [-0.1, -0.05) is 36.4 Å². The van der Waals surface area contributed by atoms with Crippen molar-refractivity contribution in [2.75, 3.05) is 11.5 Å². The van der Waals surface area contributed by atoms with E-state index in [1.54, 1.807) is 49.4 Å². The Morgan fingerprint density at radius 2 is 1.77 bits per heavy atom. The summed E-state index contributed by atoms with van der Waals surface area (Å²) in [6.45, 7) is 2.02. The third kappa shape index (κ3) is 3.60. The number of hydrogen-bond acceptors (Lipinski definition) is 4. The summed E-state index contributed by atoms with van der Waals surface area (Å²) in [5, 5.41) is 11.1. The minimum absolute atomic E-state index is 0.0206. The van der Waals surface area contributed by atoms with Gasteiger partial charge in [-0.05, 0) is 19.1 Å². The van der Waals surface area contributed by atoms with Crippen LogP contribution in [0.25, 0.3) is 0 Å². The maximum atomic E-state index is 12.2. The first kappa shape index (κ1) is 15.5. The van der Waals surface area contributed by atoms with Crippen LogP contribution >= 0.6 is 0 Å². The van der Waals surface area contributed by atoms with Crippen molar-refractivity contribution in [3.8, 4) is 0 Å². The van der Waals surface area contributed by atoms with Crippen LogP contribution in [0.2, 0.25) is 0 Å². The molecule has 2 rings (SSSR count). The number of carbonyl (C=O) groups is 1. The number of para-hydroxylation sites is 2. The standard InChI is InChI=1S/C16H16N2O4/c1-2-22-16(19)17(14-9-4-3-5-10-14)12-13-8-6-7-11-15(13)18(20)21/h3-11H,2,12H2,1H3. The van der Waals surface area contributed by atoms with Gasteiger partial charge in [-0.3, -0.25) is 15.0 Å². The summed E-state index contributed by atoms with van der Waals surface area (Å²) >= 11 is 0. The molecule has 0 aliphatic carbocycles. The van der Waals surface area contributed by atoms with Crippen molar-refractivity contribution in [3.63, 3.8) is 0 Å². The Labute approximate surface area is 128 Å². The van der Waals surface area contributed by atoms with Crippen LogP contribution in [0, 0.1) is 10.1 Å². The third-order valence-corrected chi connectivity index (χ3v) is 3.07. The van der Waals surface area contributed by atoms with Gasteiger partial charge in [-0.15, -0.1) is 0 Å². The summed E-state index contributed by atoms with van der Waals surface area (Å²) < 4.78 is 5.05. The molecule has 0 N–H and O–H groups in total. The van der Waals surface area contributed by atoms with E-state index in [1.165, 1.54) is 11.0 Å². The molecule has 0 bridgehead atoms. The molecule has 0 saturated carbocycles. The van der Waals surface area contributed by atoms with Gasteiger partial charge in [0.15, 0.2) is 0 Å². The summed E-state index contributed by atoms with van der Waals surface area (Å²) in [5.74, 6) is 0. The zero-order valence-corrected chi connectivity index (χ0v) is 12.1. The van der Waals surface area contributed by atoms with Gasteiger partial charge >= 0.3 is 6.09 Å². The topological polar surface area (TPSA) is 72.7 Å². The molecule has 0 saturated heterocycles. The summed E-state index contributed by atoms with van der Waals surface area (Å²) in [6, 6.07) is 15.3. The van der Waals surface area contributed by atoms with Gasteiger partial charge in [-0.2, -0.15) is 0 Å². The predicted octanol–water partition coefficient (Wildman–Crippen LogP) is 3.76. The molecule has 0 spiro atoms. The number of benzene rings is 2. The van der Waals surface area contributed by atoms with Crippen molar-refractivity contribution in [1.82, 2.24) is 0 Å². The molecular formula is C16H16N2O4. The number of carbonyl (C=O) groups excluding carboxylic acids is 1. The second-order valence-electron chi connectivity index (χ2n) is 4.51. The van der Waals surface area contributed by atoms with Crippen LogP contribution in [0.1, 0.15) is 12.5 Å². The normalized spacial score (nSPS) is 10.0. The van der Waals surface area contributed by atoms with Crippen molar-refractivity contribution < 1.29 is 14.5 Å². The lowest BCUT2D eigenvalue weighted by Gasteiger charge is -2.22. The highest BCUT2D eigenvalue weighted by Crippen LogP contribution is 2.23. The highest BCUT2D eigenvalue weighted by molar-refractivity contribution is 5.87. The number of hydrogen-bond donors (Lipinski definition) is 0. The van der Waals surface area contributed by atoms with Gasteiger partial charge in [0.2, 0.25) is 0 Å². The maximum absolute atomic E-state index is 12.2. The first-order chi connectivity index (χ1) is 10.6. The van der Waals surface area contributed by atoms with Gasteiger partial charge in [0, 0.05) is 17.3 Å². The number of nitro groups is 1. The van der Waals surface area contributed by atoms with Crippen LogP contribution in [-0.2, 0) is 11.3 Å². The van der Waals surface area contributed by atoms with Gasteiger partial charge in [0.05, 0.1) is 18.1 Å². The summed E-state index contributed by atoms with van der Waals surface area (Å²) in [5.41, 5.74) is 1.05. The Bertz CT molecular complexity index is 658. The van der Waals surface area contributed by atoms with E-state index in [9.17, 15) is 14.9 Å². The first-order valence-corrected chi connectivity index (χ1v) is 6.85. The van der Waals surface area contributed by atoms with Crippen molar-refractivity contribution in [2.45, 2.75) is 13.5 Å². The fourth-order valence-corrected chi connectivity index (χ4v) is 2.06. The zero-order chi connectivity index (χ0) is 15.9. The van der Waals surface area contributed by atoms with Crippen LogP contribution < -0.4 is 4.90 Å². The monoisotopic (exact) mass is 300 g/mol. The van der Waals surface area contributed by atoms with E-state index in [-0.39, 0.29) is 18.8 Å². The second kappa shape index (κ2) is 7.21. The van der Waals surface area contributed by atoms with E-state index in [0.29, 0.717) is 11.3 Å². The molecule has 0 aliphatic rings. The molecule has 1 amide bonds. The number of rotatable bonds is 5. The Hall–Kier alpha value is -2.89. The van der Waals surface area contributed by atoms with E-state index in [0.717, 1.165) is 0 Å². The average Bonchev–Trinajstić information content (AvgIpc) is 2.53. The van der Waals surface area contributed by atoms with Crippen molar-refractivity contribution >= 4 is 17.5 Å². The Morgan fingerprint density at radius 1 is 1.14 bits per heavy atom. The van der Waals surface area contributed by atoms with E-state index in [2.05, 4.69) is 0 Å². The summed E-state index contributed by atoms with van der Waals surface area (Å²) in [6.07, 6.45) is -0.535. The largest absolute Gasteiger partial charge is 0.449 e. The SMILES string of the molecule is CCOC(=O)N(Cc1ccccc1[N+](=O)[O-])c1ccccc1. The number of ether oxygens (including phenoxy) is 1. The Kier molecular flexibility index (Phi) is 5.08. The Morgan fingerprint density at radius 3 is 2.41 bits per heavy atom. The number of amides is 1. The average molecular weight is 300 g/mol. The molecule has 0 aromatic heterocycles. The lowest BCUT2D eigenvalue weighted by atomic mass is 10.1. The summed E-state index contributed by atoms with van der Waals surface area (Å²) in [4.78, 5) is 24.2. The van der Waals surface area contributed by atoms with Crippen LogP contribution in [0.3, 0.4) is 0 Å². The number of nitrogens with zero attached hydrogens (tertiary/aromatic N) is 2. The maximum Gasteiger partial charge on any atom is 0.414 e. The molecule has 0 unspecified atom stereocenters. The van der Waals surface area contributed by atoms with Crippen molar-refractivity contribution in [1.29, 1.82) is 0 Å². The Balaban J connectivity index is 2.35. The summed E-state index contributed by atoms with van der Waals surface area (Å²) in [7, 11) is 0. The quantitative estimate of drug-likeness (QED) is 0.622. The molecule has 2 aromatic carbocycles. The van der Waals surface area contributed by atoms with Gasteiger partial charge in [0.25, 0.3) is 5.69 Å². The second-order valence-corrected chi connectivity index (χ2v) is 4.51. The highest BCUT2D eigenvalue weighted by Gasteiger charge is 2.21. The molecule has 114 valence electrons. The van der Waals surface area contributed by atoms with Crippen molar-refractivity contribution in [2.24, 2.45) is 0 Å². The van der Waals surface area contributed by atoms with Crippen LogP contribution in [0.15, 0.2) is 54.6 Å². The van der Waals surface area contributed by atoms with Crippen LogP contribution in [0.4, 0.5) is 16.2 Å². The fraction of sp³-hybridized carbons (Fsp3) is 0.188. The van der Waals surface area contributed by atoms with Gasteiger partial charge in [-0.25, -0.2) is 4.79 Å². The molecule has 0 atom stereocenters. The van der Waals surface area contributed by atoms with E-state index in [4.69, 9.17) is 4.74 Å². The molecule has 0 radical (unpaired) electrons. The van der Waals surface area contributed by atoms with Crippen LogP contribution in [-0.4, -0.2) is 17.6 Å². The molecule has 22 heavy (non-hydrogen) atoms. The van der Waals surface area contributed by atoms with Crippen molar-refractivity contribution in [3.05, 3.63) is 70.3 Å². The third-order valence-electron chi connectivity index (χ3n) is 3.07. The zero-order valence-electron chi connectivity index (χ0n) is 12.1. The molecule has 0 aliphatic heterocycles. The first-order valence-electron chi connectivity index (χ1n) is 6.85. The molecule has 6 heteroatoms. The fourth-order valence-electron chi connectivity index (χ4n) is 2.06. The lowest BCUT2D eigenvalue weighted by Crippen LogP contribution is -2.31. The van der Waals surface area contributed by atoms with E-state index in [1.807, 2.05) is 6.07 Å². The molecule has 0 heterocycles. The number of anilines is 1. The highest BCUT2D eigenvalue weighted by atomic mass is 16.6. The van der Waals surface area contributed by atoms with E-state index < -0.39 is 11.0 Å². The van der Waals surface area contributed by atoms with Crippen LogP contribution in [0.5, 0.6) is 0 Å². The minimum atomic E-state index is -0.535. The molecule has 6 nitrogen and oxygen atoms in total. The molecule has 2 aromatic rings. The minimum Gasteiger partial charge on any atom is -0.449 e. The van der Waals surface area contributed by atoms with Gasteiger partial charge < -0.3 is 4.74 Å². The smallest absolute Gasteiger partial charge is 0.414 e. The molecule has 0 fully saturated rings. The van der Waals surface area contributed by atoms with Gasteiger partial charge in [0.1, 0.15) is 0 Å². The number of nitro benzene ring substituents is 1. The predicted molar refractivity (Wildman–Crippen MR) is 82.7 cm³/mol. The lowest BCUT2D eigenvalue weighted by molar-refractivity contribution is -0.385.